The lowest BCUT2D eigenvalue weighted by Crippen LogP contribution is -2.32. The lowest BCUT2D eigenvalue weighted by atomic mass is 9.81. The van der Waals surface area contributed by atoms with E-state index in [1.54, 1.807) is 6.20 Å². The first-order valence-electron chi connectivity index (χ1n) is 8.16. The number of nitrogens with two attached hydrogens (primary N) is 1. The average molecular weight is 395 g/mol. The number of nitrogens with zero attached hydrogens (tertiary/aromatic N) is 3. The van der Waals surface area contributed by atoms with Crippen molar-refractivity contribution >= 4 is 33.2 Å². The highest BCUT2D eigenvalue weighted by atomic mass is 79.9. The molecule has 6 nitrogen and oxygen atoms in total. The lowest BCUT2D eigenvalue weighted by molar-refractivity contribution is -0.158. The van der Waals surface area contributed by atoms with E-state index < -0.39 is 5.41 Å². The van der Waals surface area contributed by atoms with Gasteiger partial charge in [-0.2, -0.15) is 0 Å². The van der Waals surface area contributed by atoms with Crippen molar-refractivity contribution < 1.29 is 9.53 Å². The summed E-state index contributed by atoms with van der Waals surface area (Å²) in [6.07, 6.45) is 5.77. The zero-order chi connectivity index (χ0) is 17.7. The summed E-state index contributed by atoms with van der Waals surface area (Å²) < 4.78 is 8.13. The number of aromatic nitrogens is 3. The van der Waals surface area contributed by atoms with Gasteiger partial charge >= 0.3 is 5.97 Å². The van der Waals surface area contributed by atoms with Gasteiger partial charge in [-0.05, 0) is 56.0 Å². The highest BCUT2D eigenvalue weighted by Gasteiger charge is 2.51. The van der Waals surface area contributed by atoms with Crippen LogP contribution in [0.2, 0.25) is 0 Å². The fraction of sp³-hybridized carbons (Fsp3) is 0.588. The molecule has 0 bridgehead atoms. The number of anilines is 1. The summed E-state index contributed by atoms with van der Waals surface area (Å²) in [5, 5.41) is 0. The molecule has 1 aliphatic carbocycles. The molecule has 0 spiro atoms. The van der Waals surface area contributed by atoms with Crippen molar-refractivity contribution in [1.29, 1.82) is 0 Å². The van der Waals surface area contributed by atoms with E-state index >= 15 is 0 Å². The third-order valence-electron chi connectivity index (χ3n) is 4.92. The largest absolute Gasteiger partial charge is 0.463 e. The van der Waals surface area contributed by atoms with Gasteiger partial charge in [0.2, 0.25) is 0 Å². The maximum atomic E-state index is 12.5. The summed E-state index contributed by atoms with van der Waals surface area (Å²) in [6, 6.07) is 0. The summed E-state index contributed by atoms with van der Waals surface area (Å²) in [5.41, 5.74) is 6.04. The number of nitrogen functional groups attached to an aromatic ring is 1. The SMILES string of the molecule is CC(C)OC(=O)[C@]1(C)CC[C@@](C)(c2nc(Br)c3c(N)nccn23)C1. The molecule has 2 atom stereocenters. The highest BCUT2D eigenvalue weighted by molar-refractivity contribution is 9.10. The third kappa shape index (κ3) is 2.68. The van der Waals surface area contributed by atoms with Gasteiger partial charge < -0.3 is 10.5 Å². The van der Waals surface area contributed by atoms with Crippen LogP contribution in [0, 0.1) is 5.41 Å². The van der Waals surface area contributed by atoms with Gasteiger partial charge in [-0.3, -0.25) is 9.20 Å². The molecule has 2 aromatic rings. The summed E-state index contributed by atoms with van der Waals surface area (Å²) in [6.45, 7) is 7.90. The molecule has 0 aliphatic heterocycles. The van der Waals surface area contributed by atoms with E-state index in [0.29, 0.717) is 16.8 Å². The normalized spacial score (nSPS) is 27.1. The Morgan fingerprint density at radius 1 is 1.42 bits per heavy atom. The minimum Gasteiger partial charge on any atom is -0.463 e. The van der Waals surface area contributed by atoms with E-state index in [4.69, 9.17) is 15.5 Å². The lowest BCUT2D eigenvalue weighted by Gasteiger charge is -2.27. The van der Waals surface area contributed by atoms with Crippen molar-refractivity contribution in [3.05, 3.63) is 22.8 Å². The van der Waals surface area contributed by atoms with Crippen LogP contribution < -0.4 is 5.73 Å². The summed E-state index contributed by atoms with van der Waals surface area (Å²) in [5.74, 6) is 1.22. The van der Waals surface area contributed by atoms with Crippen molar-refractivity contribution in [2.75, 3.05) is 5.73 Å². The Kier molecular flexibility index (Phi) is 4.10. The molecule has 1 fully saturated rings. The number of fused-ring (bicyclic) bond motifs is 1. The van der Waals surface area contributed by atoms with Crippen LogP contribution in [0.15, 0.2) is 17.0 Å². The first-order valence-corrected chi connectivity index (χ1v) is 8.95. The fourth-order valence-corrected chi connectivity index (χ4v) is 4.32. The highest BCUT2D eigenvalue weighted by Crippen LogP contribution is 2.51. The van der Waals surface area contributed by atoms with Gasteiger partial charge in [0.05, 0.1) is 11.5 Å². The van der Waals surface area contributed by atoms with Crippen LogP contribution in [0.3, 0.4) is 0 Å². The summed E-state index contributed by atoms with van der Waals surface area (Å²) in [4.78, 5) is 21.4. The number of halogens is 1. The molecular weight excluding hydrogens is 372 g/mol. The van der Waals surface area contributed by atoms with E-state index in [2.05, 4.69) is 27.8 Å². The predicted molar refractivity (Wildman–Crippen MR) is 95.6 cm³/mol. The van der Waals surface area contributed by atoms with Crippen LogP contribution in [0.4, 0.5) is 5.82 Å². The molecule has 0 radical (unpaired) electrons. The first kappa shape index (κ1) is 17.2. The molecule has 1 saturated carbocycles. The Labute approximate surface area is 149 Å². The predicted octanol–water partition coefficient (Wildman–Crippen LogP) is 3.47. The van der Waals surface area contributed by atoms with E-state index in [1.165, 1.54) is 0 Å². The van der Waals surface area contributed by atoms with Gasteiger partial charge in [-0.25, -0.2) is 9.97 Å². The summed E-state index contributed by atoms with van der Waals surface area (Å²) >= 11 is 3.49. The molecule has 3 rings (SSSR count). The Morgan fingerprint density at radius 2 is 2.12 bits per heavy atom. The number of carbonyl (C=O) groups is 1. The number of ether oxygens (including phenoxy) is 1. The standard InChI is InChI=1S/C17H23BrN4O2/c1-10(2)24-15(23)17(4)6-5-16(3,9-17)14-21-12(18)11-13(19)20-7-8-22(11)14/h7-8,10H,5-6,9H2,1-4H3,(H2,19,20)/t16-,17-/m1/s1. The minimum atomic E-state index is -0.490. The van der Waals surface area contributed by atoms with Crippen LogP contribution in [0.25, 0.3) is 5.52 Å². The Balaban J connectivity index is 1.99. The fourth-order valence-electron chi connectivity index (χ4n) is 3.76. The molecule has 2 aromatic heterocycles. The van der Waals surface area contributed by atoms with Crippen molar-refractivity contribution in [1.82, 2.24) is 14.4 Å². The molecule has 24 heavy (non-hydrogen) atoms. The molecule has 2 heterocycles. The van der Waals surface area contributed by atoms with Gasteiger partial charge in [0.25, 0.3) is 0 Å². The van der Waals surface area contributed by atoms with Crippen LogP contribution in [0.1, 0.15) is 52.8 Å². The van der Waals surface area contributed by atoms with E-state index in [0.717, 1.165) is 24.2 Å². The first-order chi connectivity index (χ1) is 11.2. The molecule has 0 saturated heterocycles. The number of imidazole rings is 1. The number of hydrogen-bond acceptors (Lipinski definition) is 5. The zero-order valence-electron chi connectivity index (χ0n) is 14.5. The number of rotatable bonds is 3. The van der Waals surface area contributed by atoms with E-state index in [9.17, 15) is 4.79 Å². The van der Waals surface area contributed by atoms with Crippen LogP contribution in [-0.2, 0) is 14.9 Å². The summed E-state index contributed by atoms with van der Waals surface area (Å²) in [7, 11) is 0. The Morgan fingerprint density at radius 3 is 2.79 bits per heavy atom. The number of carbonyl (C=O) groups excluding carboxylic acids is 1. The van der Waals surface area contributed by atoms with Gasteiger partial charge in [0.15, 0.2) is 5.82 Å². The second kappa shape index (κ2) is 5.72. The Bertz CT molecular complexity index is 803. The maximum Gasteiger partial charge on any atom is 0.312 e. The molecule has 0 aromatic carbocycles. The molecule has 1 aliphatic rings. The molecule has 130 valence electrons. The second-order valence-corrected chi connectivity index (χ2v) is 8.26. The molecule has 7 heteroatoms. The average Bonchev–Trinajstić information content (AvgIpc) is 2.99. The Hall–Kier alpha value is -1.63. The van der Waals surface area contributed by atoms with Gasteiger partial charge in [-0.15, -0.1) is 0 Å². The van der Waals surface area contributed by atoms with Crippen LogP contribution in [-0.4, -0.2) is 26.4 Å². The van der Waals surface area contributed by atoms with Crippen molar-refractivity contribution in [3.8, 4) is 0 Å². The number of esters is 1. The van der Waals surface area contributed by atoms with E-state index in [-0.39, 0.29) is 17.5 Å². The third-order valence-corrected chi connectivity index (χ3v) is 5.48. The van der Waals surface area contributed by atoms with Gasteiger partial charge in [0, 0.05) is 17.8 Å². The quantitative estimate of drug-likeness (QED) is 0.805. The van der Waals surface area contributed by atoms with Gasteiger partial charge in [0.1, 0.15) is 15.9 Å². The molecular formula is C17H23BrN4O2. The second-order valence-electron chi connectivity index (χ2n) is 7.51. The zero-order valence-corrected chi connectivity index (χ0v) is 16.1. The maximum absolute atomic E-state index is 12.5. The van der Waals surface area contributed by atoms with E-state index in [1.807, 2.05) is 31.4 Å². The topological polar surface area (TPSA) is 82.5 Å². The van der Waals surface area contributed by atoms with Crippen molar-refractivity contribution in [2.45, 2.75) is 58.5 Å². The molecule has 0 amide bonds. The molecule has 0 unspecified atom stereocenters. The molecule has 2 N–H and O–H groups in total. The van der Waals surface area contributed by atoms with Crippen molar-refractivity contribution in [2.24, 2.45) is 5.41 Å². The van der Waals surface area contributed by atoms with Crippen LogP contribution in [0.5, 0.6) is 0 Å². The van der Waals surface area contributed by atoms with Crippen LogP contribution >= 0.6 is 15.9 Å². The van der Waals surface area contributed by atoms with Crippen molar-refractivity contribution in [3.63, 3.8) is 0 Å². The number of hydrogen-bond donors (Lipinski definition) is 1. The monoisotopic (exact) mass is 394 g/mol. The minimum absolute atomic E-state index is 0.103. The smallest absolute Gasteiger partial charge is 0.312 e. The van der Waals surface area contributed by atoms with Gasteiger partial charge in [-0.1, -0.05) is 6.92 Å².